The molecule has 1 heterocycles. The van der Waals surface area contributed by atoms with Gasteiger partial charge in [-0.05, 0) is 51.4 Å². The van der Waals surface area contributed by atoms with Crippen LogP contribution in [0.25, 0.3) is 0 Å². The van der Waals surface area contributed by atoms with Crippen LogP contribution in [0.15, 0.2) is 48.6 Å². The van der Waals surface area contributed by atoms with Crippen molar-refractivity contribution in [2.75, 3.05) is 13.2 Å². The Morgan fingerprint density at radius 1 is 0.530 bits per heavy atom. The zero-order chi connectivity index (χ0) is 48.0. The summed E-state index contributed by atoms with van der Waals surface area (Å²) in [5.74, 6) is -0.186. The summed E-state index contributed by atoms with van der Waals surface area (Å²) >= 11 is 0. The van der Waals surface area contributed by atoms with Gasteiger partial charge in [-0.2, -0.15) is 0 Å². The van der Waals surface area contributed by atoms with Crippen LogP contribution in [0, 0.1) is 0 Å². The van der Waals surface area contributed by atoms with E-state index in [1.165, 1.54) is 161 Å². The molecule has 1 saturated heterocycles. The van der Waals surface area contributed by atoms with E-state index in [0.29, 0.717) is 6.42 Å². The summed E-state index contributed by atoms with van der Waals surface area (Å²) in [4.78, 5) is 13.0. The fourth-order valence-corrected chi connectivity index (χ4v) is 8.76. The number of carbonyl (C=O) groups excluding carboxylic acids is 1. The van der Waals surface area contributed by atoms with Crippen LogP contribution in [0.1, 0.15) is 251 Å². The Kier molecular flexibility index (Phi) is 44.1. The molecule has 0 saturated carbocycles. The first-order chi connectivity index (χ1) is 32.3. The second-order valence-electron chi connectivity index (χ2n) is 19.4. The number of aliphatic hydroxyl groups excluding tert-OH is 5. The summed E-state index contributed by atoms with van der Waals surface area (Å²) in [5, 5.41) is 54.5. The SMILES string of the molecule is CC/C=C\C/C=C\C/C=C\CCCCCCCCCC(=O)NC(COC1OC(CO)C(O)C(O)C1O)C(O)/C=C/CCCCCCCCCCCCCCCCCCCCCCCCCC. The van der Waals surface area contributed by atoms with Crippen molar-refractivity contribution in [3.8, 4) is 0 Å². The topological polar surface area (TPSA) is 149 Å². The highest BCUT2D eigenvalue weighted by atomic mass is 16.7. The van der Waals surface area contributed by atoms with Crippen LogP contribution >= 0.6 is 0 Å². The molecule has 1 aliphatic rings. The molecule has 7 unspecified atom stereocenters. The van der Waals surface area contributed by atoms with Gasteiger partial charge in [0.1, 0.15) is 24.4 Å². The molecule has 0 aromatic rings. The van der Waals surface area contributed by atoms with Crippen molar-refractivity contribution in [2.24, 2.45) is 0 Å². The highest BCUT2D eigenvalue weighted by Crippen LogP contribution is 2.23. The molecule has 7 atom stereocenters. The number of amides is 1. The number of allylic oxidation sites excluding steroid dienone is 7. The van der Waals surface area contributed by atoms with Gasteiger partial charge in [0.05, 0.1) is 25.4 Å². The molecule has 9 nitrogen and oxygen atoms in total. The molecule has 9 heteroatoms. The Labute approximate surface area is 405 Å². The Morgan fingerprint density at radius 3 is 1.39 bits per heavy atom. The predicted molar refractivity (Wildman–Crippen MR) is 276 cm³/mol. The van der Waals surface area contributed by atoms with Gasteiger partial charge in [0.25, 0.3) is 0 Å². The minimum absolute atomic E-state index is 0.186. The van der Waals surface area contributed by atoms with Crippen molar-refractivity contribution in [2.45, 2.75) is 294 Å². The van der Waals surface area contributed by atoms with E-state index in [9.17, 15) is 30.3 Å². The third-order valence-electron chi connectivity index (χ3n) is 13.2. The lowest BCUT2D eigenvalue weighted by atomic mass is 9.99. The molecule has 0 bridgehead atoms. The quantitative estimate of drug-likeness (QED) is 0.0261. The predicted octanol–water partition coefficient (Wildman–Crippen LogP) is 13.3. The molecule has 0 spiro atoms. The summed E-state index contributed by atoms with van der Waals surface area (Å²) in [6, 6.07) is -0.812. The van der Waals surface area contributed by atoms with Crippen LogP contribution in [0.5, 0.6) is 0 Å². The molecule has 1 fully saturated rings. The molecule has 1 amide bonds. The molecule has 0 radical (unpaired) electrons. The van der Waals surface area contributed by atoms with Gasteiger partial charge in [-0.15, -0.1) is 0 Å². The van der Waals surface area contributed by atoms with E-state index in [2.05, 4.69) is 55.6 Å². The largest absolute Gasteiger partial charge is 0.394 e. The average molecular weight is 932 g/mol. The molecule has 6 N–H and O–H groups in total. The first-order valence-corrected chi connectivity index (χ1v) is 27.9. The van der Waals surface area contributed by atoms with Crippen LogP contribution in [-0.4, -0.2) is 87.5 Å². The third kappa shape index (κ3) is 36.2. The van der Waals surface area contributed by atoms with Gasteiger partial charge in [0, 0.05) is 6.42 Å². The van der Waals surface area contributed by atoms with Crippen molar-refractivity contribution in [1.82, 2.24) is 5.32 Å². The first kappa shape index (κ1) is 62.2. The van der Waals surface area contributed by atoms with E-state index in [1.54, 1.807) is 6.08 Å². The standard InChI is InChI=1S/C57H105NO8/c1-3-5-7-9-11-13-15-17-19-21-22-23-24-25-26-27-28-29-31-32-34-36-38-40-42-44-46-51(60)50(49-65-57-56(64)55(63)54(62)52(48-59)66-57)58-53(61)47-45-43-41-39-37-35-33-30-20-18-16-14-12-10-8-6-4-2/h6,8,12,14,18,20,44,46,50-52,54-57,59-60,62-64H,3-5,7,9-11,13,15-17,19,21-43,45,47-49H2,1-2H3,(H,58,61)/b8-6-,14-12-,20-18-,46-44+. The number of rotatable bonds is 47. The van der Waals surface area contributed by atoms with Gasteiger partial charge < -0.3 is 40.3 Å². The average Bonchev–Trinajstić information content (AvgIpc) is 3.32. The molecular weight excluding hydrogens is 827 g/mol. The number of unbranched alkanes of at least 4 members (excludes halogenated alkanes) is 31. The summed E-state index contributed by atoms with van der Waals surface area (Å²) in [7, 11) is 0. The van der Waals surface area contributed by atoms with Crippen molar-refractivity contribution < 1.29 is 39.8 Å². The number of aliphatic hydroxyl groups is 5. The monoisotopic (exact) mass is 932 g/mol. The zero-order valence-electron chi connectivity index (χ0n) is 42.7. The number of hydrogen-bond donors (Lipinski definition) is 6. The molecule has 1 rings (SSSR count). The highest BCUT2D eigenvalue weighted by molar-refractivity contribution is 5.76. The van der Waals surface area contributed by atoms with Crippen molar-refractivity contribution in [3.63, 3.8) is 0 Å². The van der Waals surface area contributed by atoms with E-state index in [4.69, 9.17) is 9.47 Å². The molecule has 0 aliphatic carbocycles. The third-order valence-corrected chi connectivity index (χ3v) is 13.2. The van der Waals surface area contributed by atoms with Crippen molar-refractivity contribution in [3.05, 3.63) is 48.6 Å². The fourth-order valence-electron chi connectivity index (χ4n) is 8.76. The zero-order valence-corrected chi connectivity index (χ0v) is 42.7. The van der Waals surface area contributed by atoms with E-state index in [-0.39, 0.29) is 12.5 Å². The number of hydrogen-bond acceptors (Lipinski definition) is 8. The van der Waals surface area contributed by atoms with Crippen molar-refractivity contribution >= 4 is 5.91 Å². The molecule has 1 aliphatic heterocycles. The number of carbonyl (C=O) groups is 1. The maximum absolute atomic E-state index is 13.0. The summed E-state index contributed by atoms with van der Waals surface area (Å²) in [5.41, 5.74) is 0. The molecule has 0 aromatic heterocycles. The van der Waals surface area contributed by atoms with Crippen LogP contribution in [0.2, 0.25) is 0 Å². The Balaban J connectivity index is 2.23. The van der Waals surface area contributed by atoms with Crippen LogP contribution in [-0.2, 0) is 14.3 Å². The van der Waals surface area contributed by atoms with Crippen molar-refractivity contribution in [1.29, 1.82) is 0 Å². The number of ether oxygens (including phenoxy) is 2. The Bertz CT molecular complexity index is 1170. The molecule has 0 aromatic carbocycles. The van der Waals surface area contributed by atoms with Crippen LogP contribution in [0.4, 0.5) is 0 Å². The lowest BCUT2D eigenvalue weighted by Gasteiger charge is -2.40. The maximum Gasteiger partial charge on any atom is 0.220 e. The Morgan fingerprint density at radius 2 is 0.939 bits per heavy atom. The van der Waals surface area contributed by atoms with E-state index < -0.39 is 49.5 Å². The van der Waals surface area contributed by atoms with E-state index >= 15 is 0 Å². The van der Waals surface area contributed by atoms with Crippen LogP contribution < -0.4 is 5.32 Å². The normalized spacial score (nSPS) is 20.1. The lowest BCUT2D eigenvalue weighted by molar-refractivity contribution is -0.302. The number of nitrogens with one attached hydrogen (secondary N) is 1. The summed E-state index contributed by atoms with van der Waals surface area (Å²) < 4.78 is 11.3. The minimum Gasteiger partial charge on any atom is -0.394 e. The molecular formula is C57H105NO8. The van der Waals surface area contributed by atoms with Gasteiger partial charge >= 0.3 is 0 Å². The lowest BCUT2D eigenvalue weighted by Crippen LogP contribution is -2.60. The molecule has 66 heavy (non-hydrogen) atoms. The fraction of sp³-hybridized carbons (Fsp3) is 0.842. The Hall–Kier alpha value is -1.85. The van der Waals surface area contributed by atoms with Gasteiger partial charge in [0.2, 0.25) is 5.91 Å². The van der Waals surface area contributed by atoms with Gasteiger partial charge in [-0.1, -0.05) is 242 Å². The second kappa shape index (κ2) is 46.9. The van der Waals surface area contributed by atoms with Crippen LogP contribution in [0.3, 0.4) is 0 Å². The second-order valence-corrected chi connectivity index (χ2v) is 19.4. The smallest absolute Gasteiger partial charge is 0.220 e. The van der Waals surface area contributed by atoms with Gasteiger partial charge in [-0.25, -0.2) is 0 Å². The molecule has 386 valence electrons. The van der Waals surface area contributed by atoms with E-state index in [0.717, 1.165) is 70.6 Å². The summed E-state index contributed by atoms with van der Waals surface area (Å²) in [6.07, 6.45) is 54.6. The van der Waals surface area contributed by atoms with E-state index in [1.807, 2.05) is 6.08 Å². The highest BCUT2D eigenvalue weighted by Gasteiger charge is 2.44. The summed E-state index contributed by atoms with van der Waals surface area (Å²) in [6.45, 7) is 3.68. The van der Waals surface area contributed by atoms with Gasteiger partial charge in [0.15, 0.2) is 6.29 Å². The first-order valence-electron chi connectivity index (χ1n) is 27.9. The minimum atomic E-state index is -1.57. The van der Waals surface area contributed by atoms with Gasteiger partial charge in [-0.3, -0.25) is 4.79 Å². The maximum atomic E-state index is 13.0.